The van der Waals surface area contributed by atoms with Crippen LogP contribution in [0.25, 0.3) is 0 Å². The monoisotopic (exact) mass is 323 g/mol. The molecule has 0 aliphatic carbocycles. The normalized spacial score (nSPS) is 19.0. The van der Waals surface area contributed by atoms with Crippen molar-refractivity contribution in [3.8, 4) is 0 Å². The average molecular weight is 323 g/mol. The van der Waals surface area contributed by atoms with Gasteiger partial charge in [-0.25, -0.2) is 4.39 Å². The number of amides is 1. The third kappa shape index (κ3) is 3.73. The lowest BCUT2D eigenvalue weighted by Gasteiger charge is -2.32. The molecule has 1 aromatic carbocycles. The van der Waals surface area contributed by atoms with Crippen molar-refractivity contribution in [3.05, 3.63) is 29.6 Å². The Kier molecular flexibility index (Phi) is 5.13. The fourth-order valence-electron chi connectivity index (χ4n) is 2.20. The smallest absolute Gasteiger partial charge is 0.399 e. The molecular formula is C16H23BFNO4. The van der Waals surface area contributed by atoms with Crippen LogP contribution < -0.4 is 10.8 Å². The zero-order valence-electron chi connectivity index (χ0n) is 14.2. The lowest BCUT2D eigenvalue weighted by Crippen LogP contribution is -2.41. The first-order chi connectivity index (χ1) is 10.7. The molecule has 1 aliphatic rings. The van der Waals surface area contributed by atoms with E-state index in [9.17, 15) is 9.18 Å². The van der Waals surface area contributed by atoms with Crippen LogP contribution in [-0.2, 0) is 14.0 Å². The van der Waals surface area contributed by atoms with Crippen molar-refractivity contribution in [2.45, 2.75) is 38.9 Å². The van der Waals surface area contributed by atoms with Crippen molar-refractivity contribution in [2.24, 2.45) is 0 Å². The highest BCUT2D eigenvalue weighted by Gasteiger charge is 2.52. The molecule has 7 heteroatoms. The highest BCUT2D eigenvalue weighted by atomic mass is 19.1. The van der Waals surface area contributed by atoms with E-state index in [0.717, 1.165) is 0 Å². The standard InChI is InChI=1S/C16H23BFNO4/c1-15(2)16(3,4)23-17(22-15)12-7-6-11(10-13(12)18)14(20)19-8-9-21-5/h6-7,10H,8-9H2,1-5H3,(H,19,20). The summed E-state index contributed by atoms with van der Waals surface area (Å²) in [4.78, 5) is 11.9. The Morgan fingerprint density at radius 1 is 1.26 bits per heavy atom. The van der Waals surface area contributed by atoms with Gasteiger partial charge in [0.1, 0.15) is 5.82 Å². The molecule has 0 unspecified atom stereocenters. The fourth-order valence-corrected chi connectivity index (χ4v) is 2.20. The van der Waals surface area contributed by atoms with Crippen LogP contribution >= 0.6 is 0 Å². The fraction of sp³-hybridized carbons (Fsp3) is 0.562. The van der Waals surface area contributed by atoms with Gasteiger partial charge in [-0.2, -0.15) is 0 Å². The van der Waals surface area contributed by atoms with Crippen LogP contribution in [0.3, 0.4) is 0 Å². The number of benzene rings is 1. The molecule has 0 spiro atoms. The zero-order chi connectivity index (χ0) is 17.3. The maximum absolute atomic E-state index is 14.4. The molecule has 0 saturated carbocycles. The van der Waals surface area contributed by atoms with Crippen LogP contribution in [-0.4, -0.2) is 44.5 Å². The molecule has 5 nitrogen and oxygen atoms in total. The van der Waals surface area contributed by atoms with Gasteiger partial charge in [0, 0.05) is 24.7 Å². The van der Waals surface area contributed by atoms with E-state index in [2.05, 4.69) is 5.32 Å². The molecule has 126 valence electrons. The lowest BCUT2D eigenvalue weighted by atomic mass is 9.78. The third-order valence-electron chi connectivity index (χ3n) is 4.36. The molecule has 1 heterocycles. The second-order valence-corrected chi connectivity index (χ2v) is 6.57. The third-order valence-corrected chi connectivity index (χ3v) is 4.36. The summed E-state index contributed by atoms with van der Waals surface area (Å²) in [6.45, 7) is 8.40. The summed E-state index contributed by atoms with van der Waals surface area (Å²) < 4.78 is 30.9. The Morgan fingerprint density at radius 3 is 2.39 bits per heavy atom. The minimum atomic E-state index is -0.786. The summed E-state index contributed by atoms with van der Waals surface area (Å²) in [5, 5.41) is 2.65. The van der Waals surface area contributed by atoms with Crippen LogP contribution in [0.5, 0.6) is 0 Å². The summed E-state index contributed by atoms with van der Waals surface area (Å²) in [5.41, 5.74) is -0.545. The first kappa shape index (κ1) is 17.9. The topological polar surface area (TPSA) is 56.8 Å². The number of ether oxygens (including phenoxy) is 1. The van der Waals surface area contributed by atoms with Gasteiger partial charge in [0.15, 0.2) is 0 Å². The van der Waals surface area contributed by atoms with Gasteiger partial charge >= 0.3 is 7.12 Å². The van der Waals surface area contributed by atoms with E-state index < -0.39 is 24.1 Å². The number of methoxy groups -OCH3 is 1. The second kappa shape index (κ2) is 6.59. The number of carbonyl (C=O) groups excluding carboxylic acids is 1. The molecule has 1 aliphatic heterocycles. The first-order valence-electron chi connectivity index (χ1n) is 7.60. The van der Waals surface area contributed by atoms with Crippen LogP contribution in [0.2, 0.25) is 0 Å². The molecular weight excluding hydrogens is 300 g/mol. The molecule has 0 atom stereocenters. The van der Waals surface area contributed by atoms with Crippen molar-refractivity contribution in [3.63, 3.8) is 0 Å². The largest absolute Gasteiger partial charge is 0.497 e. The van der Waals surface area contributed by atoms with E-state index in [0.29, 0.717) is 13.2 Å². The van der Waals surface area contributed by atoms with Crippen molar-refractivity contribution >= 4 is 18.5 Å². The molecule has 1 N–H and O–H groups in total. The summed E-state index contributed by atoms with van der Waals surface area (Å²) in [5.74, 6) is -0.871. The lowest BCUT2D eigenvalue weighted by molar-refractivity contribution is 0.00578. The summed E-state index contributed by atoms with van der Waals surface area (Å²) >= 11 is 0. The predicted molar refractivity (Wildman–Crippen MR) is 86.3 cm³/mol. The van der Waals surface area contributed by atoms with Gasteiger partial charge in [-0.15, -0.1) is 0 Å². The highest BCUT2D eigenvalue weighted by molar-refractivity contribution is 6.62. The van der Waals surface area contributed by atoms with Crippen LogP contribution in [0.15, 0.2) is 18.2 Å². The summed E-state index contributed by atoms with van der Waals surface area (Å²) in [7, 11) is 0.760. The predicted octanol–water partition coefficient (Wildman–Crippen LogP) is 1.50. The maximum atomic E-state index is 14.4. The molecule has 0 aromatic heterocycles. The molecule has 23 heavy (non-hydrogen) atoms. The van der Waals surface area contributed by atoms with Crippen molar-refractivity contribution < 1.29 is 23.2 Å². The van der Waals surface area contributed by atoms with E-state index in [4.69, 9.17) is 14.0 Å². The summed E-state index contributed by atoms with van der Waals surface area (Å²) in [6, 6.07) is 4.29. The molecule has 1 amide bonds. The number of halogens is 1. The van der Waals surface area contributed by atoms with Gasteiger partial charge < -0.3 is 19.4 Å². The Morgan fingerprint density at radius 2 is 1.87 bits per heavy atom. The molecule has 2 rings (SSSR count). The molecule has 1 aromatic rings. The Hall–Kier alpha value is -1.44. The number of nitrogens with one attached hydrogen (secondary N) is 1. The van der Waals surface area contributed by atoms with Crippen molar-refractivity contribution in [1.82, 2.24) is 5.32 Å². The van der Waals surface area contributed by atoms with E-state index in [-0.39, 0.29) is 16.9 Å². The Bertz CT molecular complexity index is 575. The van der Waals surface area contributed by atoms with Crippen molar-refractivity contribution in [2.75, 3.05) is 20.3 Å². The molecule has 0 bridgehead atoms. The quantitative estimate of drug-likeness (QED) is 0.659. The van der Waals surface area contributed by atoms with E-state index in [1.54, 1.807) is 13.2 Å². The van der Waals surface area contributed by atoms with Gasteiger partial charge in [0.25, 0.3) is 5.91 Å². The van der Waals surface area contributed by atoms with E-state index in [1.165, 1.54) is 12.1 Å². The molecule has 0 radical (unpaired) electrons. The number of hydrogen-bond donors (Lipinski definition) is 1. The SMILES string of the molecule is COCCNC(=O)c1ccc(B2OC(C)(C)C(C)(C)O2)c(F)c1. The number of rotatable bonds is 5. The highest BCUT2D eigenvalue weighted by Crippen LogP contribution is 2.36. The minimum absolute atomic E-state index is 0.249. The van der Waals surface area contributed by atoms with E-state index >= 15 is 0 Å². The number of carbonyl (C=O) groups is 1. The zero-order valence-corrected chi connectivity index (χ0v) is 14.2. The summed E-state index contributed by atoms with van der Waals surface area (Å²) in [6.07, 6.45) is 0. The van der Waals surface area contributed by atoms with Crippen LogP contribution in [0.4, 0.5) is 4.39 Å². The van der Waals surface area contributed by atoms with Gasteiger partial charge in [-0.1, -0.05) is 6.07 Å². The first-order valence-corrected chi connectivity index (χ1v) is 7.60. The van der Waals surface area contributed by atoms with E-state index in [1.807, 2.05) is 27.7 Å². The Balaban J connectivity index is 2.13. The van der Waals surface area contributed by atoms with Crippen molar-refractivity contribution in [1.29, 1.82) is 0 Å². The maximum Gasteiger partial charge on any atom is 0.497 e. The van der Waals surface area contributed by atoms with Gasteiger partial charge in [-0.3, -0.25) is 4.79 Å². The van der Waals surface area contributed by atoms with Gasteiger partial charge in [-0.05, 0) is 39.8 Å². The van der Waals surface area contributed by atoms with Crippen LogP contribution in [0.1, 0.15) is 38.1 Å². The number of hydrogen-bond acceptors (Lipinski definition) is 4. The van der Waals surface area contributed by atoms with Gasteiger partial charge in [0.05, 0.1) is 17.8 Å². The van der Waals surface area contributed by atoms with Crippen LogP contribution in [0, 0.1) is 5.82 Å². The average Bonchev–Trinajstić information content (AvgIpc) is 2.67. The minimum Gasteiger partial charge on any atom is -0.399 e. The van der Waals surface area contributed by atoms with Gasteiger partial charge in [0.2, 0.25) is 0 Å². The Labute approximate surface area is 136 Å². The molecule has 1 fully saturated rings. The molecule has 1 saturated heterocycles. The second-order valence-electron chi connectivity index (χ2n) is 6.57.